The molecule has 4 fully saturated rings. The van der Waals surface area contributed by atoms with Crippen molar-refractivity contribution in [3.63, 3.8) is 0 Å². The lowest BCUT2D eigenvalue weighted by Crippen LogP contribution is -2.48. The standard InChI is InChI=1S/C42H34N4/c43-26-27-12-13-31-8-5-11-37(38(31)21-27)34-9-4-10-35(22-34)41-45-39(32-6-2-1-3-7-32)44-40(46-41)33-14-16-36(17-15-33)42-23-28-18-29(24-42)20-30(19-28)25-42/h1-17,21-22,28-30H,18-20,23-25H2. The van der Waals surface area contributed by atoms with E-state index in [-0.39, 0.29) is 0 Å². The molecule has 0 saturated heterocycles. The molecule has 10 rings (SSSR count). The van der Waals surface area contributed by atoms with Crippen molar-refractivity contribution in [1.82, 2.24) is 15.0 Å². The molecule has 0 aliphatic heterocycles. The predicted octanol–water partition coefficient (Wildman–Crippen LogP) is 10.0. The Morgan fingerprint density at radius 2 is 1.13 bits per heavy atom. The van der Waals surface area contributed by atoms with Gasteiger partial charge in [-0.25, -0.2) is 15.0 Å². The van der Waals surface area contributed by atoms with E-state index in [0.29, 0.717) is 28.5 Å². The lowest BCUT2D eigenvalue weighted by molar-refractivity contribution is -0.00518. The van der Waals surface area contributed by atoms with Gasteiger partial charge in [-0.2, -0.15) is 5.26 Å². The third-order valence-corrected chi connectivity index (χ3v) is 10.9. The minimum absolute atomic E-state index is 0.364. The van der Waals surface area contributed by atoms with Gasteiger partial charge in [0.1, 0.15) is 0 Å². The maximum Gasteiger partial charge on any atom is 0.164 e. The highest BCUT2D eigenvalue weighted by atomic mass is 15.0. The van der Waals surface area contributed by atoms with Crippen molar-refractivity contribution in [3.05, 3.63) is 126 Å². The molecule has 0 unspecified atom stereocenters. The zero-order chi connectivity index (χ0) is 30.7. The number of rotatable bonds is 5. The van der Waals surface area contributed by atoms with Gasteiger partial charge in [-0.15, -0.1) is 0 Å². The minimum atomic E-state index is 0.364. The predicted molar refractivity (Wildman–Crippen MR) is 184 cm³/mol. The molecule has 4 saturated carbocycles. The molecular formula is C42H34N4. The fourth-order valence-electron chi connectivity index (χ4n) is 9.21. The summed E-state index contributed by atoms with van der Waals surface area (Å²) in [4.78, 5) is 15.1. The molecule has 0 amide bonds. The Morgan fingerprint density at radius 3 is 1.80 bits per heavy atom. The number of hydrogen-bond donors (Lipinski definition) is 0. The Kier molecular flexibility index (Phi) is 6.35. The summed E-state index contributed by atoms with van der Waals surface area (Å²) >= 11 is 0. The quantitative estimate of drug-likeness (QED) is 0.199. The first kappa shape index (κ1) is 27.2. The molecule has 222 valence electrons. The molecule has 1 aromatic heterocycles. The normalized spacial score (nSPS) is 23.0. The van der Waals surface area contributed by atoms with Gasteiger partial charge in [-0.1, -0.05) is 97.1 Å². The lowest BCUT2D eigenvalue weighted by Gasteiger charge is -2.57. The smallest absolute Gasteiger partial charge is 0.164 e. The van der Waals surface area contributed by atoms with Gasteiger partial charge in [0.25, 0.3) is 0 Å². The highest BCUT2D eigenvalue weighted by Gasteiger charge is 2.51. The van der Waals surface area contributed by atoms with Crippen LogP contribution in [0.1, 0.15) is 49.7 Å². The van der Waals surface area contributed by atoms with E-state index in [4.69, 9.17) is 15.0 Å². The number of benzene rings is 5. The van der Waals surface area contributed by atoms with Crippen molar-refractivity contribution in [2.45, 2.75) is 43.9 Å². The molecule has 4 nitrogen and oxygen atoms in total. The van der Waals surface area contributed by atoms with Crippen molar-refractivity contribution >= 4 is 10.8 Å². The van der Waals surface area contributed by atoms with Crippen LogP contribution in [0, 0.1) is 29.1 Å². The van der Waals surface area contributed by atoms with Crippen LogP contribution in [-0.2, 0) is 5.41 Å². The van der Waals surface area contributed by atoms with E-state index in [2.05, 4.69) is 84.9 Å². The van der Waals surface area contributed by atoms with E-state index in [1.807, 2.05) is 36.4 Å². The van der Waals surface area contributed by atoms with E-state index in [1.165, 1.54) is 44.1 Å². The second-order valence-electron chi connectivity index (χ2n) is 13.9. The number of aromatic nitrogens is 3. The van der Waals surface area contributed by atoms with Crippen LogP contribution in [-0.4, -0.2) is 15.0 Å². The van der Waals surface area contributed by atoms with E-state index in [1.54, 1.807) is 0 Å². The largest absolute Gasteiger partial charge is 0.208 e. The van der Waals surface area contributed by atoms with Gasteiger partial charge in [-0.05, 0) is 107 Å². The molecule has 46 heavy (non-hydrogen) atoms. The third kappa shape index (κ3) is 4.70. The van der Waals surface area contributed by atoms with Crippen molar-refractivity contribution in [1.29, 1.82) is 5.26 Å². The molecular weight excluding hydrogens is 560 g/mol. The zero-order valence-corrected chi connectivity index (χ0v) is 25.7. The average molecular weight is 595 g/mol. The van der Waals surface area contributed by atoms with Crippen LogP contribution in [0.4, 0.5) is 0 Å². The van der Waals surface area contributed by atoms with Gasteiger partial charge in [0.15, 0.2) is 17.5 Å². The van der Waals surface area contributed by atoms with Crippen molar-refractivity contribution in [3.8, 4) is 51.4 Å². The Bertz CT molecular complexity index is 2110. The summed E-state index contributed by atoms with van der Waals surface area (Å²) in [7, 11) is 0. The van der Waals surface area contributed by atoms with Crippen molar-refractivity contribution in [2.75, 3.05) is 0 Å². The molecule has 6 aromatic rings. The second-order valence-corrected chi connectivity index (χ2v) is 13.9. The first-order chi connectivity index (χ1) is 22.6. The number of fused-ring (bicyclic) bond motifs is 1. The zero-order valence-electron chi connectivity index (χ0n) is 25.7. The summed E-state index contributed by atoms with van der Waals surface area (Å²) in [6.07, 6.45) is 8.44. The average Bonchev–Trinajstić information content (AvgIpc) is 3.11. The molecule has 5 aromatic carbocycles. The Balaban J connectivity index is 1.12. The fourth-order valence-corrected chi connectivity index (χ4v) is 9.21. The molecule has 4 aliphatic carbocycles. The van der Waals surface area contributed by atoms with E-state index in [0.717, 1.165) is 56.3 Å². The molecule has 4 aliphatic rings. The second kappa shape index (κ2) is 10.7. The summed E-state index contributed by atoms with van der Waals surface area (Å²) in [5, 5.41) is 11.7. The van der Waals surface area contributed by atoms with E-state index in [9.17, 15) is 5.26 Å². The molecule has 0 radical (unpaired) electrons. The summed E-state index contributed by atoms with van der Waals surface area (Å²) in [6.45, 7) is 0. The monoisotopic (exact) mass is 594 g/mol. The summed E-state index contributed by atoms with van der Waals surface area (Å²) in [5.74, 6) is 4.76. The van der Waals surface area contributed by atoms with Gasteiger partial charge in [-0.3, -0.25) is 0 Å². The van der Waals surface area contributed by atoms with Gasteiger partial charge in [0, 0.05) is 16.7 Å². The third-order valence-electron chi connectivity index (χ3n) is 10.9. The Hall–Kier alpha value is -5.14. The summed E-state index contributed by atoms with van der Waals surface area (Å²) in [5.41, 5.74) is 7.57. The lowest BCUT2D eigenvalue weighted by atomic mass is 9.48. The van der Waals surface area contributed by atoms with Gasteiger partial charge in [0.05, 0.1) is 11.6 Å². The first-order valence-electron chi connectivity index (χ1n) is 16.6. The fraction of sp³-hybridized carbons (Fsp3) is 0.238. The van der Waals surface area contributed by atoms with Crippen LogP contribution in [0.2, 0.25) is 0 Å². The van der Waals surface area contributed by atoms with Gasteiger partial charge >= 0.3 is 0 Å². The van der Waals surface area contributed by atoms with Crippen LogP contribution in [0.5, 0.6) is 0 Å². The SMILES string of the molecule is N#Cc1ccc2cccc(-c3cccc(-c4nc(-c5ccccc5)nc(-c5ccc(C67CC8CC(CC(C8)C6)C7)cc5)n4)c3)c2c1. The summed E-state index contributed by atoms with van der Waals surface area (Å²) < 4.78 is 0. The molecule has 4 bridgehead atoms. The van der Waals surface area contributed by atoms with Crippen LogP contribution >= 0.6 is 0 Å². The van der Waals surface area contributed by atoms with E-state index < -0.39 is 0 Å². The maximum atomic E-state index is 9.55. The molecule has 0 spiro atoms. The van der Waals surface area contributed by atoms with Crippen LogP contribution in [0.15, 0.2) is 115 Å². The molecule has 4 heteroatoms. The highest BCUT2D eigenvalue weighted by molar-refractivity contribution is 5.97. The topological polar surface area (TPSA) is 62.5 Å². The number of nitrogens with zero attached hydrogens (tertiary/aromatic N) is 4. The Labute approximate surface area is 269 Å². The van der Waals surface area contributed by atoms with Gasteiger partial charge in [0.2, 0.25) is 0 Å². The minimum Gasteiger partial charge on any atom is -0.208 e. The molecule has 1 heterocycles. The highest BCUT2D eigenvalue weighted by Crippen LogP contribution is 2.60. The van der Waals surface area contributed by atoms with Crippen LogP contribution in [0.25, 0.3) is 56.1 Å². The van der Waals surface area contributed by atoms with Crippen LogP contribution < -0.4 is 0 Å². The Morgan fingerprint density at radius 1 is 0.543 bits per heavy atom. The van der Waals surface area contributed by atoms with E-state index >= 15 is 0 Å². The van der Waals surface area contributed by atoms with Crippen molar-refractivity contribution < 1.29 is 0 Å². The maximum absolute atomic E-state index is 9.55. The number of hydrogen-bond acceptors (Lipinski definition) is 4. The van der Waals surface area contributed by atoms with Crippen LogP contribution in [0.3, 0.4) is 0 Å². The number of nitriles is 1. The van der Waals surface area contributed by atoms with Gasteiger partial charge < -0.3 is 0 Å². The van der Waals surface area contributed by atoms with Crippen molar-refractivity contribution in [2.24, 2.45) is 17.8 Å². The molecule has 0 N–H and O–H groups in total. The molecule has 0 atom stereocenters. The summed E-state index contributed by atoms with van der Waals surface area (Å²) in [6, 6.07) is 42.2. The first-order valence-corrected chi connectivity index (χ1v) is 16.6.